The third-order valence-electron chi connectivity index (χ3n) is 4.82. The molecule has 0 spiro atoms. The Morgan fingerprint density at radius 3 is 2.81 bits per heavy atom. The van der Waals surface area contributed by atoms with Crippen molar-refractivity contribution in [1.29, 1.82) is 5.26 Å². The number of urea groups is 1. The fourth-order valence-corrected chi connectivity index (χ4v) is 3.30. The van der Waals surface area contributed by atoms with E-state index in [2.05, 4.69) is 11.4 Å². The fourth-order valence-electron chi connectivity index (χ4n) is 3.30. The number of benzene rings is 2. The van der Waals surface area contributed by atoms with Crippen LogP contribution in [-0.2, 0) is 17.8 Å². The average molecular weight is 420 g/mol. The second kappa shape index (κ2) is 11.0. The number of ether oxygens (including phenoxy) is 1. The van der Waals surface area contributed by atoms with E-state index in [0.29, 0.717) is 43.9 Å². The molecule has 0 aliphatic carbocycles. The van der Waals surface area contributed by atoms with Crippen LogP contribution in [0.3, 0.4) is 0 Å². The van der Waals surface area contributed by atoms with Crippen molar-refractivity contribution in [2.45, 2.75) is 19.5 Å². The SMILES string of the molecule is COCCCN(Cc1cccn1Cc1cccc(F)c1)C(=O)Nc1cccc(C#N)c1. The zero-order valence-electron chi connectivity index (χ0n) is 17.4. The van der Waals surface area contributed by atoms with Crippen LogP contribution in [0.1, 0.15) is 23.2 Å². The van der Waals surface area contributed by atoms with Crippen molar-refractivity contribution < 1.29 is 13.9 Å². The van der Waals surface area contributed by atoms with Crippen LogP contribution in [-0.4, -0.2) is 35.8 Å². The maximum absolute atomic E-state index is 13.5. The van der Waals surface area contributed by atoms with Crippen LogP contribution in [0.15, 0.2) is 66.9 Å². The maximum atomic E-state index is 13.5. The molecule has 2 amide bonds. The third kappa shape index (κ3) is 6.43. The van der Waals surface area contributed by atoms with Gasteiger partial charge in [-0.1, -0.05) is 18.2 Å². The number of anilines is 1. The van der Waals surface area contributed by atoms with Crippen molar-refractivity contribution in [3.63, 3.8) is 0 Å². The minimum Gasteiger partial charge on any atom is -0.385 e. The molecule has 0 atom stereocenters. The Labute approximate surface area is 181 Å². The number of aromatic nitrogens is 1. The molecule has 0 aliphatic heterocycles. The maximum Gasteiger partial charge on any atom is 0.322 e. The Morgan fingerprint density at radius 1 is 1.19 bits per heavy atom. The van der Waals surface area contributed by atoms with E-state index in [1.165, 1.54) is 12.1 Å². The van der Waals surface area contributed by atoms with Gasteiger partial charge in [0.15, 0.2) is 0 Å². The monoisotopic (exact) mass is 420 g/mol. The summed E-state index contributed by atoms with van der Waals surface area (Å²) in [6.45, 7) is 1.94. The van der Waals surface area contributed by atoms with E-state index in [0.717, 1.165) is 11.3 Å². The average Bonchev–Trinajstić information content (AvgIpc) is 3.19. The molecule has 1 aromatic heterocycles. The van der Waals surface area contributed by atoms with Gasteiger partial charge in [0.1, 0.15) is 5.82 Å². The van der Waals surface area contributed by atoms with E-state index < -0.39 is 0 Å². The number of nitrogens with one attached hydrogen (secondary N) is 1. The van der Waals surface area contributed by atoms with Crippen molar-refractivity contribution in [2.75, 3.05) is 25.6 Å². The summed E-state index contributed by atoms with van der Waals surface area (Å²) in [5.74, 6) is -0.272. The summed E-state index contributed by atoms with van der Waals surface area (Å²) in [6.07, 6.45) is 2.61. The Bertz CT molecular complexity index is 1060. The molecule has 3 aromatic rings. The highest BCUT2D eigenvalue weighted by Crippen LogP contribution is 2.15. The number of hydrogen-bond donors (Lipinski definition) is 1. The predicted molar refractivity (Wildman–Crippen MR) is 117 cm³/mol. The van der Waals surface area contributed by atoms with E-state index in [4.69, 9.17) is 10.00 Å². The van der Waals surface area contributed by atoms with Crippen molar-refractivity contribution in [1.82, 2.24) is 9.47 Å². The minimum absolute atomic E-state index is 0.260. The molecule has 0 bridgehead atoms. The predicted octanol–water partition coefficient (Wildman–Crippen LogP) is 4.62. The van der Waals surface area contributed by atoms with Gasteiger partial charge >= 0.3 is 6.03 Å². The molecule has 2 aromatic carbocycles. The van der Waals surface area contributed by atoms with Crippen LogP contribution in [0.4, 0.5) is 14.9 Å². The zero-order valence-corrected chi connectivity index (χ0v) is 17.4. The number of nitrogens with zero attached hydrogens (tertiary/aromatic N) is 3. The van der Waals surface area contributed by atoms with Gasteiger partial charge in [0.2, 0.25) is 0 Å². The Morgan fingerprint density at radius 2 is 2.03 bits per heavy atom. The number of rotatable bonds is 9. The quantitative estimate of drug-likeness (QED) is 0.514. The third-order valence-corrected chi connectivity index (χ3v) is 4.82. The van der Waals surface area contributed by atoms with Gasteiger partial charge in [-0.25, -0.2) is 9.18 Å². The van der Waals surface area contributed by atoms with Crippen molar-refractivity contribution in [3.8, 4) is 6.07 Å². The first-order chi connectivity index (χ1) is 15.1. The number of hydrogen-bond acceptors (Lipinski definition) is 3. The molecule has 3 rings (SSSR count). The molecular weight excluding hydrogens is 395 g/mol. The molecule has 1 heterocycles. The van der Waals surface area contributed by atoms with Crippen LogP contribution >= 0.6 is 0 Å². The lowest BCUT2D eigenvalue weighted by atomic mass is 10.2. The normalized spacial score (nSPS) is 10.5. The first kappa shape index (κ1) is 22.1. The Hall–Kier alpha value is -3.63. The summed E-state index contributed by atoms with van der Waals surface area (Å²) in [5.41, 5.74) is 2.83. The van der Waals surface area contributed by atoms with E-state index in [-0.39, 0.29) is 11.8 Å². The van der Waals surface area contributed by atoms with Crippen LogP contribution in [0, 0.1) is 17.1 Å². The number of carbonyl (C=O) groups excluding carboxylic acids is 1. The molecule has 160 valence electrons. The number of methoxy groups -OCH3 is 1. The van der Waals surface area contributed by atoms with Gasteiger partial charge in [0.05, 0.1) is 18.2 Å². The molecule has 7 heteroatoms. The van der Waals surface area contributed by atoms with Gasteiger partial charge < -0.3 is 19.5 Å². The topological polar surface area (TPSA) is 70.3 Å². The lowest BCUT2D eigenvalue weighted by molar-refractivity contribution is 0.171. The second-order valence-corrected chi connectivity index (χ2v) is 7.15. The van der Waals surface area contributed by atoms with Crippen LogP contribution in [0.25, 0.3) is 0 Å². The molecular formula is C24H25FN4O2. The summed E-state index contributed by atoms with van der Waals surface area (Å²) < 4.78 is 20.7. The highest BCUT2D eigenvalue weighted by Gasteiger charge is 2.16. The highest BCUT2D eigenvalue weighted by atomic mass is 19.1. The summed E-state index contributed by atoms with van der Waals surface area (Å²) in [5, 5.41) is 11.9. The standard InChI is InChI=1S/C24H25FN4O2/c1-31-13-5-12-29(24(30)27-22-9-3-6-19(15-22)16-26)18-23-10-4-11-28(23)17-20-7-2-8-21(25)14-20/h2-4,6-11,14-15H,5,12-13,17-18H2,1H3,(H,27,30). The van der Waals surface area contributed by atoms with E-state index in [1.807, 2.05) is 29.0 Å². The number of carbonyl (C=O) groups is 1. The Balaban J connectivity index is 1.74. The molecule has 0 unspecified atom stereocenters. The van der Waals surface area contributed by atoms with Crippen molar-refractivity contribution >= 4 is 11.7 Å². The van der Waals surface area contributed by atoms with Gasteiger partial charge in [-0.3, -0.25) is 0 Å². The van der Waals surface area contributed by atoms with Crippen LogP contribution in [0.5, 0.6) is 0 Å². The van der Waals surface area contributed by atoms with Crippen LogP contribution < -0.4 is 5.32 Å². The summed E-state index contributed by atoms with van der Waals surface area (Å²) in [7, 11) is 1.63. The van der Waals surface area contributed by atoms with Crippen molar-refractivity contribution in [2.24, 2.45) is 0 Å². The molecule has 0 fully saturated rings. The molecule has 1 N–H and O–H groups in total. The summed E-state index contributed by atoms with van der Waals surface area (Å²) >= 11 is 0. The molecule has 0 saturated heterocycles. The summed E-state index contributed by atoms with van der Waals surface area (Å²) in [4.78, 5) is 14.7. The minimum atomic E-state index is -0.272. The number of halogens is 1. The summed E-state index contributed by atoms with van der Waals surface area (Å²) in [6, 6.07) is 19.0. The molecule has 0 radical (unpaired) electrons. The second-order valence-electron chi connectivity index (χ2n) is 7.15. The number of nitriles is 1. The lowest BCUT2D eigenvalue weighted by Gasteiger charge is -2.24. The van der Waals surface area contributed by atoms with Gasteiger partial charge in [0.25, 0.3) is 0 Å². The fraction of sp³-hybridized carbons (Fsp3) is 0.250. The van der Waals surface area contributed by atoms with Gasteiger partial charge in [-0.2, -0.15) is 5.26 Å². The molecule has 0 aliphatic rings. The van der Waals surface area contributed by atoms with Crippen molar-refractivity contribution in [3.05, 3.63) is 89.5 Å². The van der Waals surface area contributed by atoms with E-state index >= 15 is 0 Å². The van der Waals surface area contributed by atoms with E-state index in [1.54, 1.807) is 42.3 Å². The highest BCUT2D eigenvalue weighted by molar-refractivity contribution is 5.89. The molecule has 0 saturated carbocycles. The zero-order chi connectivity index (χ0) is 22.1. The molecule has 31 heavy (non-hydrogen) atoms. The largest absolute Gasteiger partial charge is 0.385 e. The van der Waals surface area contributed by atoms with Crippen LogP contribution in [0.2, 0.25) is 0 Å². The Kier molecular flexibility index (Phi) is 7.79. The smallest absolute Gasteiger partial charge is 0.322 e. The van der Waals surface area contributed by atoms with E-state index in [9.17, 15) is 9.18 Å². The van der Waals surface area contributed by atoms with Gasteiger partial charge in [-0.05, 0) is 54.4 Å². The van der Waals surface area contributed by atoms with Gasteiger partial charge in [-0.15, -0.1) is 0 Å². The molecule has 6 nitrogen and oxygen atoms in total. The number of amides is 2. The first-order valence-electron chi connectivity index (χ1n) is 10.0. The van der Waals surface area contributed by atoms with Gasteiger partial charge in [0, 0.05) is 44.4 Å². The first-order valence-corrected chi connectivity index (χ1v) is 10.0. The lowest BCUT2D eigenvalue weighted by Crippen LogP contribution is -2.36.